The second kappa shape index (κ2) is 9.22. The lowest BCUT2D eigenvalue weighted by molar-refractivity contribution is -0.120. The molecule has 2 aromatic rings. The molecule has 0 saturated heterocycles. The van der Waals surface area contributed by atoms with Crippen LogP contribution in [0, 0.1) is 5.92 Å². The standard InChI is InChI=1S/C23H26N2O3/c1-3-14-24-22(26)15-17-4-10-20(11-5-17)25(23(27)19-8-9-19)16-18-6-12-21(28-2)13-7-18/h3-7,10-13,19H,1,8-9,14-16H2,2H3,(H,24,26). The van der Waals surface area contributed by atoms with Gasteiger partial charge in [-0.3, -0.25) is 9.59 Å². The Kier molecular flexibility index (Phi) is 6.48. The van der Waals surface area contributed by atoms with Gasteiger partial charge in [0.25, 0.3) is 0 Å². The van der Waals surface area contributed by atoms with Gasteiger partial charge < -0.3 is 15.0 Å². The fourth-order valence-corrected chi connectivity index (χ4v) is 2.99. The molecule has 146 valence electrons. The maximum atomic E-state index is 12.8. The molecule has 0 aromatic heterocycles. The van der Waals surface area contributed by atoms with E-state index < -0.39 is 0 Å². The van der Waals surface area contributed by atoms with Gasteiger partial charge in [0.1, 0.15) is 5.75 Å². The fourth-order valence-electron chi connectivity index (χ4n) is 2.99. The van der Waals surface area contributed by atoms with Gasteiger partial charge in [0.05, 0.1) is 20.1 Å². The number of carbonyl (C=O) groups is 2. The van der Waals surface area contributed by atoms with E-state index in [1.165, 1.54) is 0 Å². The van der Waals surface area contributed by atoms with Crippen molar-refractivity contribution in [3.63, 3.8) is 0 Å². The molecule has 2 amide bonds. The molecule has 0 radical (unpaired) electrons. The highest BCUT2D eigenvalue weighted by Crippen LogP contribution is 2.33. The molecule has 1 aliphatic rings. The monoisotopic (exact) mass is 378 g/mol. The van der Waals surface area contributed by atoms with Crippen LogP contribution in [0.2, 0.25) is 0 Å². The maximum Gasteiger partial charge on any atom is 0.230 e. The quantitative estimate of drug-likeness (QED) is 0.680. The van der Waals surface area contributed by atoms with Gasteiger partial charge in [0.2, 0.25) is 11.8 Å². The van der Waals surface area contributed by atoms with Crippen molar-refractivity contribution in [3.05, 3.63) is 72.3 Å². The highest BCUT2D eigenvalue weighted by molar-refractivity contribution is 5.96. The second-order valence-electron chi connectivity index (χ2n) is 6.98. The summed E-state index contributed by atoms with van der Waals surface area (Å²) in [6.45, 7) is 4.56. The zero-order valence-electron chi connectivity index (χ0n) is 16.2. The van der Waals surface area contributed by atoms with Crippen LogP contribution in [0.25, 0.3) is 0 Å². The summed E-state index contributed by atoms with van der Waals surface area (Å²) >= 11 is 0. The third-order valence-corrected chi connectivity index (χ3v) is 4.75. The molecule has 2 aromatic carbocycles. The Hall–Kier alpha value is -3.08. The van der Waals surface area contributed by atoms with Crippen LogP contribution >= 0.6 is 0 Å². The summed E-state index contributed by atoms with van der Waals surface area (Å²) in [6.07, 6.45) is 3.88. The van der Waals surface area contributed by atoms with Gasteiger partial charge in [-0.1, -0.05) is 30.3 Å². The van der Waals surface area contributed by atoms with Gasteiger partial charge in [-0.15, -0.1) is 6.58 Å². The summed E-state index contributed by atoms with van der Waals surface area (Å²) in [6, 6.07) is 15.4. The molecule has 1 aliphatic carbocycles. The summed E-state index contributed by atoms with van der Waals surface area (Å²) in [5, 5.41) is 2.77. The van der Waals surface area contributed by atoms with Crippen LogP contribution < -0.4 is 15.0 Å². The number of anilines is 1. The Balaban J connectivity index is 1.73. The minimum atomic E-state index is -0.0446. The molecule has 0 unspecified atom stereocenters. The van der Waals surface area contributed by atoms with Crippen molar-refractivity contribution in [2.45, 2.75) is 25.8 Å². The Labute approximate surface area is 166 Å². The molecule has 3 rings (SSSR count). The number of nitrogens with one attached hydrogen (secondary N) is 1. The van der Waals surface area contributed by atoms with Crippen LogP contribution in [-0.4, -0.2) is 25.5 Å². The first-order chi connectivity index (χ1) is 13.6. The van der Waals surface area contributed by atoms with E-state index >= 15 is 0 Å². The van der Waals surface area contributed by atoms with Gasteiger partial charge in [-0.25, -0.2) is 0 Å². The largest absolute Gasteiger partial charge is 0.497 e. The zero-order valence-corrected chi connectivity index (χ0v) is 16.2. The summed E-state index contributed by atoms with van der Waals surface area (Å²) in [5.41, 5.74) is 2.80. The van der Waals surface area contributed by atoms with Crippen molar-refractivity contribution < 1.29 is 14.3 Å². The highest BCUT2D eigenvalue weighted by atomic mass is 16.5. The van der Waals surface area contributed by atoms with Gasteiger partial charge in [-0.2, -0.15) is 0 Å². The fraction of sp³-hybridized carbons (Fsp3) is 0.304. The Bertz CT molecular complexity index is 824. The lowest BCUT2D eigenvalue weighted by Gasteiger charge is -2.23. The predicted molar refractivity (Wildman–Crippen MR) is 110 cm³/mol. The normalized spacial score (nSPS) is 12.9. The smallest absolute Gasteiger partial charge is 0.230 e. The number of carbonyl (C=O) groups excluding carboxylic acids is 2. The van der Waals surface area contributed by atoms with Crippen molar-refractivity contribution in [2.75, 3.05) is 18.6 Å². The topological polar surface area (TPSA) is 58.6 Å². The number of methoxy groups -OCH3 is 1. The lowest BCUT2D eigenvalue weighted by Crippen LogP contribution is -2.31. The van der Waals surface area contributed by atoms with Crippen LogP contribution in [0.15, 0.2) is 61.2 Å². The summed E-state index contributed by atoms with van der Waals surface area (Å²) in [5.74, 6) is 1.04. The van der Waals surface area contributed by atoms with E-state index in [-0.39, 0.29) is 17.7 Å². The third-order valence-electron chi connectivity index (χ3n) is 4.75. The van der Waals surface area contributed by atoms with Crippen LogP contribution in [0.3, 0.4) is 0 Å². The first-order valence-electron chi connectivity index (χ1n) is 9.51. The van der Waals surface area contributed by atoms with Gasteiger partial charge in [-0.05, 0) is 48.2 Å². The molecule has 1 fully saturated rings. The van der Waals surface area contributed by atoms with Crippen LogP contribution in [0.4, 0.5) is 5.69 Å². The molecular formula is C23H26N2O3. The first-order valence-corrected chi connectivity index (χ1v) is 9.51. The van der Waals surface area contributed by atoms with Crippen molar-refractivity contribution >= 4 is 17.5 Å². The molecule has 5 nitrogen and oxygen atoms in total. The highest BCUT2D eigenvalue weighted by Gasteiger charge is 2.34. The summed E-state index contributed by atoms with van der Waals surface area (Å²) in [4.78, 5) is 26.5. The number of hydrogen-bond donors (Lipinski definition) is 1. The predicted octanol–water partition coefficient (Wildman–Crippen LogP) is 3.48. The molecule has 0 heterocycles. The Morgan fingerprint density at radius 3 is 2.32 bits per heavy atom. The molecule has 0 atom stereocenters. The molecule has 5 heteroatoms. The number of hydrogen-bond acceptors (Lipinski definition) is 3. The van der Waals surface area contributed by atoms with Gasteiger partial charge >= 0.3 is 0 Å². The molecule has 0 bridgehead atoms. The van der Waals surface area contributed by atoms with Crippen LogP contribution in [-0.2, 0) is 22.6 Å². The van der Waals surface area contributed by atoms with E-state index in [2.05, 4.69) is 11.9 Å². The molecule has 1 N–H and O–H groups in total. The van der Waals surface area contributed by atoms with Crippen molar-refractivity contribution in [1.82, 2.24) is 5.32 Å². The molecule has 0 aliphatic heterocycles. The summed E-state index contributed by atoms with van der Waals surface area (Å²) in [7, 11) is 1.64. The number of benzene rings is 2. The lowest BCUT2D eigenvalue weighted by atomic mass is 10.1. The molecule has 28 heavy (non-hydrogen) atoms. The van der Waals surface area contributed by atoms with Gasteiger partial charge in [0.15, 0.2) is 0 Å². The van der Waals surface area contributed by atoms with E-state index in [1.54, 1.807) is 13.2 Å². The number of rotatable bonds is 9. The van der Waals surface area contributed by atoms with E-state index in [0.717, 1.165) is 35.4 Å². The van der Waals surface area contributed by atoms with E-state index in [0.29, 0.717) is 19.5 Å². The minimum absolute atomic E-state index is 0.0446. The minimum Gasteiger partial charge on any atom is -0.497 e. The Morgan fingerprint density at radius 1 is 1.11 bits per heavy atom. The first kappa shape index (κ1) is 19.7. The SMILES string of the molecule is C=CCNC(=O)Cc1ccc(N(Cc2ccc(OC)cc2)C(=O)C2CC2)cc1. The van der Waals surface area contributed by atoms with Crippen molar-refractivity contribution in [2.24, 2.45) is 5.92 Å². The van der Waals surface area contributed by atoms with Crippen LogP contribution in [0.5, 0.6) is 5.75 Å². The number of ether oxygens (including phenoxy) is 1. The van der Waals surface area contributed by atoms with Crippen molar-refractivity contribution in [1.29, 1.82) is 0 Å². The molecule has 1 saturated carbocycles. The number of amides is 2. The maximum absolute atomic E-state index is 12.8. The van der Waals surface area contributed by atoms with Crippen LogP contribution in [0.1, 0.15) is 24.0 Å². The summed E-state index contributed by atoms with van der Waals surface area (Å²) < 4.78 is 5.21. The van der Waals surface area contributed by atoms with Gasteiger partial charge in [0, 0.05) is 18.2 Å². The van der Waals surface area contributed by atoms with Crippen molar-refractivity contribution in [3.8, 4) is 5.75 Å². The second-order valence-corrected chi connectivity index (χ2v) is 6.98. The average molecular weight is 378 g/mol. The Morgan fingerprint density at radius 2 is 1.75 bits per heavy atom. The zero-order chi connectivity index (χ0) is 19.9. The molecular weight excluding hydrogens is 352 g/mol. The van der Waals surface area contributed by atoms with E-state index in [1.807, 2.05) is 53.4 Å². The molecule has 0 spiro atoms. The number of nitrogens with zero attached hydrogens (tertiary/aromatic N) is 1. The van der Waals surface area contributed by atoms with E-state index in [9.17, 15) is 9.59 Å². The van der Waals surface area contributed by atoms with E-state index in [4.69, 9.17) is 4.74 Å². The average Bonchev–Trinajstić information content (AvgIpc) is 3.56. The third kappa shape index (κ3) is 5.22.